The fraction of sp³-hybridized carbons (Fsp3) is 0.300. The molecule has 2 aromatic rings. The largest absolute Gasteiger partial charge is 0.452 e. The number of esters is 1. The number of ether oxygens (including phenoxy) is 1. The maximum absolute atomic E-state index is 12.1. The maximum Gasteiger partial charge on any atom is 0.340 e. The number of carbonyl (C=O) groups is 2. The molecule has 142 valence electrons. The van der Waals surface area contributed by atoms with E-state index >= 15 is 0 Å². The molecule has 1 amide bonds. The van der Waals surface area contributed by atoms with Crippen LogP contribution in [0.4, 0.5) is 11.4 Å². The van der Waals surface area contributed by atoms with E-state index in [2.05, 4.69) is 16.3 Å². The van der Waals surface area contributed by atoms with Crippen molar-refractivity contribution < 1.29 is 14.3 Å². The van der Waals surface area contributed by atoms with Gasteiger partial charge in [0.15, 0.2) is 6.61 Å². The summed E-state index contributed by atoms with van der Waals surface area (Å²) < 4.78 is 5.04. The van der Waals surface area contributed by atoms with E-state index in [1.807, 2.05) is 19.1 Å². The highest BCUT2D eigenvalue weighted by Gasteiger charge is 2.16. The molecule has 1 saturated heterocycles. The number of carbonyl (C=O) groups excluding carboxylic acids is 2. The van der Waals surface area contributed by atoms with E-state index in [0.717, 1.165) is 24.3 Å². The molecule has 1 fully saturated rings. The lowest BCUT2D eigenvalue weighted by Crippen LogP contribution is -2.22. The third kappa shape index (κ3) is 4.93. The Labute approximate surface area is 168 Å². The van der Waals surface area contributed by atoms with Crippen molar-refractivity contribution in [3.8, 4) is 0 Å². The third-order valence-electron chi connectivity index (χ3n) is 4.44. The number of nitrogens with zero attached hydrogens (tertiary/aromatic N) is 1. The van der Waals surface area contributed by atoms with Gasteiger partial charge in [-0.2, -0.15) is 0 Å². The minimum Gasteiger partial charge on any atom is -0.452 e. The molecule has 0 aliphatic carbocycles. The summed E-state index contributed by atoms with van der Waals surface area (Å²) in [6.45, 7) is 3.67. The van der Waals surface area contributed by atoms with Gasteiger partial charge in [0, 0.05) is 29.5 Å². The first-order chi connectivity index (χ1) is 12.9. The lowest BCUT2D eigenvalue weighted by Gasteiger charge is -2.19. The van der Waals surface area contributed by atoms with Gasteiger partial charge >= 0.3 is 5.97 Å². The summed E-state index contributed by atoms with van der Waals surface area (Å²) in [7, 11) is 0. The molecule has 1 aliphatic heterocycles. The highest BCUT2D eigenvalue weighted by Crippen LogP contribution is 2.25. The van der Waals surface area contributed by atoms with Crippen LogP contribution in [-0.4, -0.2) is 31.6 Å². The standard InChI is InChI=1S/C20H20Cl2N2O3/c1-13-10-15(24-8-2-3-9-24)5-7-18(13)23-19(25)12-27-20(26)16-6-4-14(21)11-17(16)22/h4-7,10-11H,2-3,8-9,12H2,1H3,(H,23,25). The molecule has 0 bridgehead atoms. The van der Waals surface area contributed by atoms with E-state index in [9.17, 15) is 9.59 Å². The Hall–Kier alpha value is -2.24. The van der Waals surface area contributed by atoms with Crippen LogP contribution in [0.5, 0.6) is 0 Å². The van der Waals surface area contributed by atoms with Crippen LogP contribution in [0, 0.1) is 6.92 Å². The minimum atomic E-state index is -0.673. The van der Waals surface area contributed by atoms with E-state index in [1.165, 1.54) is 31.0 Å². The van der Waals surface area contributed by atoms with Crippen molar-refractivity contribution in [3.05, 3.63) is 57.6 Å². The zero-order valence-electron chi connectivity index (χ0n) is 14.9. The summed E-state index contributed by atoms with van der Waals surface area (Å²) in [5, 5.41) is 3.37. The van der Waals surface area contributed by atoms with Crippen LogP contribution in [0.2, 0.25) is 10.0 Å². The molecule has 0 atom stereocenters. The van der Waals surface area contributed by atoms with Gasteiger partial charge in [0.05, 0.1) is 10.6 Å². The number of hydrogen-bond donors (Lipinski definition) is 1. The molecule has 1 aliphatic rings. The van der Waals surface area contributed by atoms with Gasteiger partial charge in [0.2, 0.25) is 0 Å². The fourth-order valence-electron chi connectivity index (χ4n) is 3.01. The van der Waals surface area contributed by atoms with Crippen LogP contribution in [0.3, 0.4) is 0 Å². The monoisotopic (exact) mass is 406 g/mol. The lowest BCUT2D eigenvalue weighted by molar-refractivity contribution is -0.119. The number of hydrogen-bond acceptors (Lipinski definition) is 4. The molecule has 1 N–H and O–H groups in total. The molecule has 7 heteroatoms. The third-order valence-corrected chi connectivity index (χ3v) is 4.99. The van der Waals surface area contributed by atoms with Gasteiger partial charge < -0.3 is 15.0 Å². The summed E-state index contributed by atoms with van der Waals surface area (Å²) in [6.07, 6.45) is 2.42. The molecular weight excluding hydrogens is 387 g/mol. The topological polar surface area (TPSA) is 58.6 Å². The highest BCUT2D eigenvalue weighted by molar-refractivity contribution is 6.36. The molecule has 27 heavy (non-hydrogen) atoms. The average Bonchev–Trinajstić information content (AvgIpc) is 3.16. The predicted octanol–water partition coefficient (Wildman–Crippen LogP) is 4.70. The van der Waals surface area contributed by atoms with Gasteiger partial charge in [-0.1, -0.05) is 23.2 Å². The molecule has 0 saturated carbocycles. The SMILES string of the molecule is Cc1cc(N2CCCC2)ccc1NC(=O)COC(=O)c1ccc(Cl)cc1Cl. The molecule has 3 rings (SSSR count). The minimum absolute atomic E-state index is 0.167. The van der Waals surface area contributed by atoms with Gasteiger partial charge in [0.25, 0.3) is 5.91 Å². The second-order valence-corrected chi connectivity index (χ2v) is 7.29. The zero-order valence-corrected chi connectivity index (χ0v) is 16.4. The van der Waals surface area contributed by atoms with Crippen molar-refractivity contribution in [2.45, 2.75) is 19.8 Å². The quantitative estimate of drug-likeness (QED) is 0.731. The van der Waals surface area contributed by atoms with Crippen LogP contribution in [0.25, 0.3) is 0 Å². The molecule has 5 nitrogen and oxygen atoms in total. The average molecular weight is 407 g/mol. The van der Waals surface area contributed by atoms with Crippen molar-refractivity contribution in [1.29, 1.82) is 0 Å². The van der Waals surface area contributed by atoms with Gasteiger partial charge in [-0.25, -0.2) is 4.79 Å². The van der Waals surface area contributed by atoms with Crippen molar-refractivity contribution in [2.24, 2.45) is 0 Å². The Bertz CT molecular complexity index is 864. The second-order valence-electron chi connectivity index (χ2n) is 6.44. The summed E-state index contributed by atoms with van der Waals surface area (Å²) in [5.74, 6) is -1.08. The number of amides is 1. The summed E-state index contributed by atoms with van der Waals surface area (Å²) in [6, 6.07) is 10.4. The first kappa shape index (κ1) is 19.5. The summed E-state index contributed by atoms with van der Waals surface area (Å²) in [4.78, 5) is 26.5. The normalized spacial score (nSPS) is 13.5. The zero-order chi connectivity index (χ0) is 19.4. The smallest absolute Gasteiger partial charge is 0.340 e. The van der Waals surface area contributed by atoms with Crippen LogP contribution < -0.4 is 10.2 Å². The first-order valence-corrected chi connectivity index (χ1v) is 9.47. The molecule has 0 unspecified atom stereocenters. The number of benzene rings is 2. The number of anilines is 2. The highest BCUT2D eigenvalue weighted by atomic mass is 35.5. The van der Waals surface area contributed by atoms with Gasteiger partial charge in [-0.3, -0.25) is 4.79 Å². The summed E-state index contributed by atoms with van der Waals surface area (Å²) in [5.41, 5.74) is 2.98. The van der Waals surface area contributed by atoms with Crippen molar-refractivity contribution in [3.63, 3.8) is 0 Å². The number of rotatable bonds is 5. The number of nitrogens with one attached hydrogen (secondary N) is 1. The Morgan fingerprint density at radius 1 is 1.11 bits per heavy atom. The van der Waals surface area contributed by atoms with Gasteiger partial charge in [0.1, 0.15) is 0 Å². The summed E-state index contributed by atoms with van der Waals surface area (Å²) >= 11 is 11.8. The van der Waals surface area contributed by atoms with E-state index in [1.54, 1.807) is 0 Å². The van der Waals surface area contributed by atoms with Crippen LogP contribution in [-0.2, 0) is 9.53 Å². The molecule has 1 heterocycles. The van der Waals surface area contributed by atoms with Crippen molar-refractivity contribution in [2.75, 3.05) is 29.9 Å². The Balaban J connectivity index is 1.56. The van der Waals surface area contributed by atoms with Crippen LogP contribution in [0.1, 0.15) is 28.8 Å². The number of halogens is 2. The molecule has 0 spiro atoms. The molecule has 2 aromatic carbocycles. The van der Waals surface area contributed by atoms with Crippen LogP contribution >= 0.6 is 23.2 Å². The molecule has 0 aromatic heterocycles. The van der Waals surface area contributed by atoms with Crippen molar-refractivity contribution in [1.82, 2.24) is 0 Å². The maximum atomic E-state index is 12.1. The van der Waals surface area contributed by atoms with Gasteiger partial charge in [-0.15, -0.1) is 0 Å². The van der Waals surface area contributed by atoms with E-state index in [0.29, 0.717) is 10.7 Å². The first-order valence-electron chi connectivity index (χ1n) is 8.71. The lowest BCUT2D eigenvalue weighted by atomic mass is 10.1. The Morgan fingerprint density at radius 2 is 1.85 bits per heavy atom. The van der Waals surface area contributed by atoms with E-state index in [-0.39, 0.29) is 10.6 Å². The number of aryl methyl sites for hydroxylation is 1. The second kappa shape index (κ2) is 8.63. The Morgan fingerprint density at radius 3 is 2.52 bits per heavy atom. The fourth-order valence-corrected chi connectivity index (χ4v) is 3.50. The van der Waals surface area contributed by atoms with Crippen LogP contribution in [0.15, 0.2) is 36.4 Å². The van der Waals surface area contributed by atoms with Gasteiger partial charge in [-0.05, 0) is 61.7 Å². The van der Waals surface area contributed by atoms with E-state index < -0.39 is 18.5 Å². The predicted molar refractivity (Wildman–Crippen MR) is 108 cm³/mol. The van der Waals surface area contributed by atoms with E-state index in [4.69, 9.17) is 27.9 Å². The Kier molecular flexibility index (Phi) is 6.24. The van der Waals surface area contributed by atoms with Crippen molar-refractivity contribution >= 4 is 46.5 Å². The molecule has 0 radical (unpaired) electrons. The molecular formula is C20H20Cl2N2O3.